The van der Waals surface area contributed by atoms with E-state index in [-0.39, 0.29) is 18.0 Å². The molecule has 5 nitrogen and oxygen atoms in total. The highest BCUT2D eigenvalue weighted by molar-refractivity contribution is 5.99. The largest absolute Gasteiger partial charge is 0.377 e. The normalized spacial score (nSPS) is 10.1. The molecule has 0 bridgehead atoms. The number of aryl methyl sites for hydroxylation is 1. The second-order valence-corrected chi connectivity index (χ2v) is 4.40. The Labute approximate surface area is 116 Å². The zero-order valence-electron chi connectivity index (χ0n) is 11.0. The number of non-ortho nitro benzene ring substituents is 1. The second-order valence-electron chi connectivity index (χ2n) is 4.40. The van der Waals surface area contributed by atoms with Gasteiger partial charge in [0.25, 0.3) is 5.69 Å². The number of nitro benzene ring substituents is 1. The van der Waals surface area contributed by atoms with Crippen LogP contribution in [0.25, 0.3) is 0 Å². The van der Waals surface area contributed by atoms with Gasteiger partial charge in [-0.25, -0.2) is 0 Å². The maximum absolute atomic E-state index is 12.0. The number of nitro groups is 1. The Bertz CT molecular complexity index is 653. The van der Waals surface area contributed by atoms with Crippen LogP contribution in [-0.4, -0.2) is 17.3 Å². The summed E-state index contributed by atoms with van der Waals surface area (Å²) in [5.41, 5.74) is 2.18. The molecule has 2 aromatic rings. The maximum Gasteiger partial charge on any atom is 0.270 e. The second kappa shape index (κ2) is 5.97. The van der Waals surface area contributed by atoms with Crippen LogP contribution in [0.3, 0.4) is 0 Å². The number of nitrogens with one attached hydrogen (secondary N) is 1. The van der Waals surface area contributed by atoms with Crippen LogP contribution in [0.2, 0.25) is 0 Å². The van der Waals surface area contributed by atoms with Crippen molar-refractivity contribution in [3.05, 3.63) is 69.8 Å². The van der Waals surface area contributed by atoms with Crippen molar-refractivity contribution in [3.8, 4) is 0 Å². The first-order chi connectivity index (χ1) is 9.58. The van der Waals surface area contributed by atoms with Gasteiger partial charge in [0, 0.05) is 23.4 Å². The van der Waals surface area contributed by atoms with Gasteiger partial charge in [-0.2, -0.15) is 0 Å². The fourth-order valence-electron chi connectivity index (χ4n) is 1.84. The molecule has 102 valence electrons. The van der Waals surface area contributed by atoms with Crippen LogP contribution in [0, 0.1) is 17.0 Å². The fourth-order valence-corrected chi connectivity index (χ4v) is 1.84. The molecule has 2 aromatic carbocycles. The summed E-state index contributed by atoms with van der Waals surface area (Å²) < 4.78 is 0. The molecule has 0 spiro atoms. The van der Waals surface area contributed by atoms with Gasteiger partial charge in [-0.3, -0.25) is 14.9 Å². The zero-order valence-corrected chi connectivity index (χ0v) is 11.0. The van der Waals surface area contributed by atoms with E-state index < -0.39 is 4.92 Å². The van der Waals surface area contributed by atoms with Crippen LogP contribution in [0.1, 0.15) is 15.9 Å². The molecule has 0 saturated carbocycles. The number of rotatable bonds is 5. The average molecular weight is 270 g/mol. The lowest BCUT2D eigenvalue weighted by Crippen LogP contribution is -2.14. The molecule has 0 unspecified atom stereocenters. The fraction of sp³-hybridized carbons (Fsp3) is 0.133. The van der Waals surface area contributed by atoms with E-state index in [1.807, 2.05) is 31.2 Å². The highest BCUT2D eigenvalue weighted by Gasteiger charge is 2.11. The molecule has 0 atom stereocenters. The van der Waals surface area contributed by atoms with Crippen molar-refractivity contribution >= 4 is 17.2 Å². The lowest BCUT2D eigenvalue weighted by Gasteiger charge is -2.08. The number of nitrogens with zero attached hydrogens (tertiary/aromatic N) is 1. The van der Waals surface area contributed by atoms with Crippen LogP contribution < -0.4 is 5.32 Å². The van der Waals surface area contributed by atoms with Crippen molar-refractivity contribution in [2.24, 2.45) is 0 Å². The average Bonchev–Trinajstić information content (AvgIpc) is 2.46. The predicted octanol–water partition coefficient (Wildman–Crippen LogP) is 3.20. The molecule has 0 aromatic heterocycles. The van der Waals surface area contributed by atoms with Crippen molar-refractivity contribution in [3.63, 3.8) is 0 Å². The maximum atomic E-state index is 12.0. The number of Topliss-reactive ketones (excluding diaryl/α,β-unsaturated/α-hetero) is 1. The SMILES string of the molecule is Cc1ccccc1NCC(=O)c1cccc([N+](=O)[O-])c1. The van der Waals surface area contributed by atoms with E-state index in [0.717, 1.165) is 11.3 Å². The smallest absolute Gasteiger partial charge is 0.270 e. The summed E-state index contributed by atoms with van der Waals surface area (Å²) in [7, 11) is 0. The third-order valence-corrected chi connectivity index (χ3v) is 2.96. The standard InChI is InChI=1S/C15H14N2O3/c1-11-5-2-3-8-14(11)16-10-15(18)12-6-4-7-13(9-12)17(19)20/h2-9,16H,10H2,1H3. The minimum atomic E-state index is -0.508. The molecule has 0 fully saturated rings. The summed E-state index contributed by atoms with van der Waals surface area (Å²) in [6.45, 7) is 2.05. The third kappa shape index (κ3) is 3.20. The van der Waals surface area contributed by atoms with Crippen LogP contribution >= 0.6 is 0 Å². The molecule has 0 saturated heterocycles. The molecular weight excluding hydrogens is 256 g/mol. The summed E-state index contributed by atoms with van der Waals surface area (Å²) in [5, 5.41) is 13.7. The third-order valence-electron chi connectivity index (χ3n) is 2.96. The van der Waals surface area contributed by atoms with Gasteiger partial charge in [0.15, 0.2) is 5.78 Å². The van der Waals surface area contributed by atoms with Crippen LogP contribution in [0.4, 0.5) is 11.4 Å². The number of ketones is 1. The van der Waals surface area contributed by atoms with E-state index in [9.17, 15) is 14.9 Å². The summed E-state index contributed by atoms with van der Waals surface area (Å²) in [6, 6.07) is 13.4. The Balaban J connectivity index is 2.07. The zero-order chi connectivity index (χ0) is 14.5. The van der Waals surface area contributed by atoms with Gasteiger partial charge < -0.3 is 5.32 Å². The number of benzene rings is 2. The number of hydrogen-bond donors (Lipinski definition) is 1. The van der Waals surface area contributed by atoms with Gasteiger partial charge in [0.05, 0.1) is 11.5 Å². The first-order valence-electron chi connectivity index (χ1n) is 6.15. The van der Waals surface area contributed by atoms with E-state index in [4.69, 9.17) is 0 Å². The van der Waals surface area contributed by atoms with E-state index in [1.54, 1.807) is 6.07 Å². The van der Waals surface area contributed by atoms with Crippen molar-refractivity contribution in [2.45, 2.75) is 6.92 Å². The van der Waals surface area contributed by atoms with E-state index in [1.165, 1.54) is 18.2 Å². The van der Waals surface area contributed by atoms with Crippen LogP contribution in [0.15, 0.2) is 48.5 Å². The van der Waals surface area contributed by atoms with Gasteiger partial charge in [-0.1, -0.05) is 30.3 Å². The molecule has 0 amide bonds. The Morgan fingerprint density at radius 1 is 1.20 bits per heavy atom. The molecule has 1 N–H and O–H groups in total. The quantitative estimate of drug-likeness (QED) is 0.514. The number of carbonyl (C=O) groups excluding carboxylic acids is 1. The highest BCUT2D eigenvalue weighted by Crippen LogP contribution is 2.15. The van der Waals surface area contributed by atoms with Crippen molar-refractivity contribution < 1.29 is 9.72 Å². The molecule has 2 rings (SSSR count). The van der Waals surface area contributed by atoms with Crippen LogP contribution in [-0.2, 0) is 0 Å². The molecule has 0 aliphatic carbocycles. The van der Waals surface area contributed by atoms with Crippen LogP contribution in [0.5, 0.6) is 0 Å². The Morgan fingerprint density at radius 3 is 2.65 bits per heavy atom. The monoisotopic (exact) mass is 270 g/mol. The number of hydrogen-bond acceptors (Lipinski definition) is 4. The minimum Gasteiger partial charge on any atom is -0.377 e. The summed E-state index contributed by atoms with van der Waals surface area (Å²) in [5.74, 6) is -0.183. The molecule has 0 aliphatic heterocycles. The molecular formula is C15H14N2O3. The van der Waals surface area contributed by atoms with E-state index in [2.05, 4.69) is 5.32 Å². The Hall–Kier alpha value is -2.69. The lowest BCUT2D eigenvalue weighted by molar-refractivity contribution is -0.384. The first-order valence-corrected chi connectivity index (χ1v) is 6.15. The first kappa shape index (κ1) is 13.7. The topological polar surface area (TPSA) is 72.2 Å². The lowest BCUT2D eigenvalue weighted by atomic mass is 10.1. The van der Waals surface area contributed by atoms with Crippen molar-refractivity contribution in [2.75, 3.05) is 11.9 Å². The number of anilines is 1. The van der Waals surface area contributed by atoms with Gasteiger partial charge in [-0.05, 0) is 18.6 Å². The van der Waals surface area contributed by atoms with Gasteiger partial charge in [0.2, 0.25) is 0 Å². The summed E-state index contributed by atoms with van der Waals surface area (Å²) >= 11 is 0. The Morgan fingerprint density at radius 2 is 1.95 bits per heavy atom. The summed E-state index contributed by atoms with van der Waals surface area (Å²) in [6.07, 6.45) is 0. The van der Waals surface area contributed by atoms with E-state index in [0.29, 0.717) is 5.56 Å². The highest BCUT2D eigenvalue weighted by atomic mass is 16.6. The molecule has 20 heavy (non-hydrogen) atoms. The predicted molar refractivity (Wildman–Crippen MR) is 77.1 cm³/mol. The molecule has 5 heteroatoms. The van der Waals surface area contributed by atoms with Gasteiger partial charge >= 0.3 is 0 Å². The van der Waals surface area contributed by atoms with Crippen molar-refractivity contribution in [1.29, 1.82) is 0 Å². The molecule has 0 aliphatic rings. The summed E-state index contributed by atoms with van der Waals surface area (Å²) in [4.78, 5) is 22.2. The number of carbonyl (C=O) groups is 1. The number of para-hydroxylation sites is 1. The van der Waals surface area contributed by atoms with Gasteiger partial charge in [0.1, 0.15) is 0 Å². The van der Waals surface area contributed by atoms with E-state index >= 15 is 0 Å². The van der Waals surface area contributed by atoms with Gasteiger partial charge in [-0.15, -0.1) is 0 Å². The van der Waals surface area contributed by atoms with Crippen molar-refractivity contribution in [1.82, 2.24) is 0 Å². The Kier molecular flexibility index (Phi) is 4.10. The molecule has 0 heterocycles. The minimum absolute atomic E-state index is 0.0771. The molecule has 0 radical (unpaired) electrons.